The van der Waals surface area contributed by atoms with Crippen molar-refractivity contribution in [3.8, 4) is 0 Å². The van der Waals surface area contributed by atoms with E-state index in [1.165, 1.54) is 22.5 Å². The lowest BCUT2D eigenvalue weighted by Crippen LogP contribution is -2.55. The second-order valence-corrected chi connectivity index (χ2v) is 12.1. The van der Waals surface area contributed by atoms with Crippen LogP contribution in [0.1, 0.15) is 69.4 Å². The summed E-state index contributed by atoms with van der Waals surface area (Å²) in [6.07, 6.45) is 4.62. The van der Waals surface area contributed by atoms with Gasteiger partial charge in [-0.1, -0.05) is 49.7 Å². The molecule has 2 aliphatic heterocycles. The summed E-state index contributed by atoms with van der Waals surface area (Å²) in [5.41, 5.74) is 5.33. The van der Waals surface area contributed by atoms with Crippen molar-refractivity contribution in [1.82, 2.24) is 29.6 Å². The molecule has 0 amide bonds. The van der Waals surface area contributed by atoms with E-state index < -0.39 is 0 Å². The first-order chi connectivity index (χ1) is 18.3. The van der Waals surface area contributed by atoms with Gasteiger partial charge in [0.15, 0.2) is 0 Å². The van der Waals surface area contributed by atoms with Gasteiger partial charge in [0.1, 0.15) is 5.82 Å². The third-order valence-electron chi connectivity index (χ3n) is 9.12. The smallest absolute Gasteiger partial charge is 0.127 e. The summed E-state index contributed by atoms with van der Waals surface area (Å²) in [5.74, 6) is 1.22. The molecule has 2 aliphatic rings. The Morgan fingerprint density at radius 3 is 2.34 bits per heavy atom. The third-order valence-corrected chi connectivity index (χ3v) is 9.12. The number of aryl methyl sites for hydroxylation is 1. The molecule has 2 fully saturated rings. The molecule has 3 heterocycles. The molecule has 38 heavy (non-hydrogen) atoms. The summed E-state index contributed by atoms with van der Waals surface area (Å²) in [5, 5.41) is 3.69. The topological polar surface area (TPSA) is 39.6 Å². The fourth-order valence-corrected chi connectivity index (χ4v) is 7.11. The predicted octanol–water partition coefficient (Wildman–Crippen LogP) is 5.15. The molecule has 1 aromatic heterocycles. The van der Waals surface area contributed by atoms with Crippen molar-refractivity contribution in [2.45, 2.75) is 76.7 Å². The molecular weight excluding hydrogens is 468 g/mol. The van der Waals surface area contributed by atoms with Crippen LogP contribution in [0.2, 0.25) is 0 Å². The Balaban J connectivity index is 1.32. The molecule has 0 saturated carbocycles. The molecule has 1 N–H and O–H groups in total. The van der Waals surface area contributed by atoms with E-state index in [9.17, 15) is 0 Å². The Morgan fingerprint density at radius 1 is 1.03 bits per heavy atom. The van der Waals surface area contributed by atoms with Gasteiger partial charge in [-0.15, -0.1) is 0 Å². The van der Waals surface area contributed by atoms with Crippen molar-refractivity contribution in [2.24, 2.45) is 7.05 Å². The predicted molar refractivity (Wildman–Crippen MR) is 158 cm³/mol. The number of imidazole rings is 1. The van der Waals surface area contributed by atoms with Crippen molar-refractivity contribution >= 4 is 11.0 Å². The maximum atomic E-state index is 5.27. The molecule has 206 valence electrons. The highest BCUT2D eigenvalue weighted by Crippen LogP contribution is 2.38. The Labute approximate surface area is 230 Å². The lowest BCUT2D eigenvalue weighted by molar-refractivity contribution is 0.0507. The minimum atomic E-state index is 0.130. The zero-order valence-electron chi connectivity index (χ0n) is 24.5. The SMILES string of the molecule is CCCC(c1nc2cc(CN3CCC(c4ccccc4)(N(C)C)CC3)ccc2n1C)N1C[C@@H](C)N[C@@H](C)C1. The number of rotatable bonds is 8. The first-order valence-corrected chi connectivity index (χ1v) is 14.7. The first-order valence-electron chi connectivity index (χ1n) is 14.7. The van der Waals surface area contributed by atoms with Gasteiger partial charge in [0.25, 0.3) is 0 Å². The largest absolute Gasteiger partial charge is 0.330 e. The average molecular weight is 517 g/mol. The molecule has 0 aliphatic carbocycles. The van der Waals surface area contributed by atoms with Crippen LogP contribution < -0.4 is 5.32 Å². The molecule has 3 atom stereocenters. The van der Waals surface area contributed by atoms with Gasteiger partial charge in [-0.25, -0.2) is 4.98 Å². The van der Waals surface area contributed by atoms with E-state index in [-0.39, 0.29) is 5.54 Å². The minimum Gasteiger partial charge on any atom is -0.330 e. The number of fused-ring (bicyclic) bond motifs is 1. The number of likely N-dealkylation sites (tertiary alicyclic amines) is 1. The van der Waals surface area contributed by atoms with E-state index >= 15 is 0 Å². The van der Waals surface area contributed by atoms with Crippen molar-refractivity contribution in [1.29, 1.82) is 0 Å². The number of benzene rings is 2. The van der Waals surface area contributed by atoms with E-state index in [1.807, 2.05) is 0 Å². The first kappa shape index (κ1) is 27.3. The van der Waals surface area contributed by atoms with Crippen LogP contribution in [0.5, 0.6) is 0 Å². The summed E-state index contributed by atoms with van der Waals surface area (Å²) >= 11 is 0. The molecular formula is C32H48N6. The fraction of sp³-hybridized carbons (Fsp3) is 0.594. The Morgan fingerprint density at radius 2 is 1.71 bits per heavy atom. The summed E-state index contributed by atoms with van der Waals surface area (Å²) in [4.78, 5) is 13.0. The number of nitrogens with zero attached hydrogens (tertiary/aromatic N) is 5. The van der Waals surface area contributed by atoms with Crippen LogP contribution in [0.25, 0.3) is 11.0 Å². The maximum absolute atomic E-state index is 5.27. The number of hydrogen-bond acceptors (Lipinski definition) is 5. The molecule has 5 rings (SSSR count). The van der Waals surface area contributed by atoms with Gasteiger partial charge in [0.2, 0.25) is 0 Å². The highest BCUT2D eigenvalue weighted by Gasteiger charge is 2.38. The van der Waals surface area contributed by atoms with Gasteiger partial charge in [-0.05, 0) is 70.5 Å². The Bertz CT molecular complexity index is 1180. The van der Waals surface area contributed by atoms with Gasteiger partial charge in [0, 0.05) is 57.4 Å². The van der Waals surface area contributed by atoms with Crippen molar-refractivity contribution in [2.75, 3.05) is 40.3 Å². The fourth-order valence-electron chi connectivity index (χ4n) is 7.11. The van der Waals surface area contributed by atoms with Crippen LogP contribution in [0.3, 0.4) is 0 Å². The molecule has 2 saturated heterocycles. The molecule has 1 unspecified atom stereocenters. The highest BCUT2D eigenvalue weighted by atomic mass is 15.3. The summed E-state index contributed by atoms with van der Waals surface area (Å²) in [7, 11) is 6.68. The van der Waals surface area contributed by atoms with Gasteiger partial charge >= 0.3 is 0 Å². The molecule has 0 radical (unpaired) electrons. The van der Waals surface area contributed by atoms with E-state index in [0.717, 1.165) is 63.9 Å². The molecule has 6 nitrogen and oxygen atoms in total. The van der Waals surface area contributed by atoms with Crippen LogP contribution in [0.4, 0.5) is 0 Å². The number of nitrogens with one attached hydrogen (secondary N) is 1. The van der Waals surface area contributed by atoms with Crippen molar-refractivity contribution < 1.29 is 0 Å². The Hall–Kier alpha value is -2.25. The quantitative estimate of drug-likeness (QED) is 0.448. The number of hydrogen-bond donors (Lipinski definition) is 1. The summed E-state index contributed by atoms with van der Waals surface area (Å²) < 4.78 is 2.35. The zero-order chi connectivity index (χ0) is 26.9. The molecule has 6 heteroatoms. The number of piperazine rings is 1. The lowest BCUT2D eigenvalue weighted by atomic mass is 9.79. The number of aromatic nitrogens is 2. The maximum Gasteiger partial charge on any atom is 0.127 e. The minimum absolute atomic E-state index is 0.130. The van der Waals surface area contributed by atoms with E-state index in [4.69, 9.17) is 4.98 Å². The third kappa shape index (κ3) is 5.42. The van der Waals surface area contributed by atoms with Gasteiger partial charge in [-0.2, -0.15) is 0 Å². The van der Waals surface area contributed by atoms with Gasteiger partial charge in [0.05, 0.1) is 17.1 Å². The highest BCUT2D eigenvalue weighted by molar-refractivity contribution is 5.77. The molecule has 0 bridgehead atoms. The summed E-state index contributed by atoms with van der Waals surface area (Å²) in [6.45, 7) is 12.3. The molecule has 3 aromatic rings. The number of piperidine rings is 1. The van der Waals surface area contributed by atoms with Crippen molar-refractivity contribution in [3.63, 3.8) is 0 Å². The summed E-state index contributed by atoms with van der Waals surface area (Å²) in [6, 6.07) is 19.4. The van der Waals surface area contributed by atoms with E-state index in [1.54, 1.807) is 0 Å². The van der Waals surface area contributed by atoms with Crippen LogP contribution >= 0.6 is 0 Å². The lowest BCUT2D eigenvalue weighted by Gasteiger charge is -2.46. The van der Waals surface area contributed by atoms with Crippen LogP contribution in [0.15, 0.2) is 48.5 Å². The average Bonchev–Trinajstić information content (AvgIpc) is 3.22. The van der Waals surface area contributed by atoms with Crippen LogP contribution in [-0.4, -0.2) is 76.6 Å². The molecule has 0 spiro atoms. The monoisotopic (exact) mass is 516 g/mol. The zero-order valence-corrected chi connectivity index (χ0v) is 24.5. The second-order valence-electron chi connectivity index (χ2n) is 12.1. The van der Waals surface area contributed by atoms with E-state index in [0.29, 0.717) is 18.1 Å². The van der Waals surface area contributed by atoms with Gasteiger partial charge < -0.3 is 9.88 Å². The van der Waals surface area contributed by atoms with Gasteiger partial charge in [-0.3, -0.25) is 14.7 Å². The van der Waals surface area contributed by atoms with Crippen LogP contribution in [0, 0.1) is 0 Å². The molecule has 2 aromatic carbocycles. The van der Waals surface area contributed by atoms with E-state index in [2.05, 4.69) is 115 Å². The standard InChI is InChI=1S/C32H48N6/c1-7-11-30(38-21-24(2)33-25(3)22-38)31-34-28-20-26(14-15-29(28)36(31)6)23-37-18-16-32(17-19-37,35(4)5)27-12-9-8-10-13-27/h8-10,12-15,20,24-25,30,33H,7,11,16-19,21-23H2,1-6H3/t24-,25+,30?. The van der Waals surface area contributed by atoms with Crippen LogP contribution in [-0.2, 0) is 19.1 Å². The van der Waals surface area contributed by atoms with Crippen molar-refractivity contribution in [3.05, 3.63) is 65.5 Å². The Kier molecular flexibility index (Phi) is 8.25. The second kappa shape index (κ2) is 11.5. The normalized spacial score (nSPS) is 23.8.